The number of aldehydes is 1. The van der Waals surface area contributed by atoms with Crippen LogP contribution >= 0.6 is 0 Å². The van der Waals surface area contributed by atoms with E-state index >= 15 is 0 Å². The number of esters is 1. The van der Waals surface area contributed by atoms with Gasteiger partial charge in [-0.05, 0) is 42.5 Å². The molecular weight excluding hydrogens is 390 g/mol. The second-order valence-corrected chi connectivity index (χ2v) is 6.02. The van der Waals surface area contributed by atoms with E-state index < -0.39 is 10.9 Å². The van der Waals surface area contributed by atoms with E-state index in [0.29, 0.717) is 25.2 Å². The summed E-state index contributed by atoms with van der Waals surface area (Å²) in [6, 6.07) is 19.0. The van der Waals surface area contributed by atoms with Crippen LogP contribution in [0.5, 0.6) is 17.2 Å². The molecule has 0 heterocycles. The average molecular weight is 407 g/mol. The van der Waals surface area contributed by atoms with Crippen LogP contribution in [0.3, 0.4) is 0 Å². The Morgan fingerprint density at radius 2 is 1.53 bits per heavy atom. The third-order valence-electron chi connectivity index (χ3n) is 3.99. The van der Waals surface area contributed by atoms with Crippen molar-refractivity contribution >= 4 is 17.9 Å². The Hall–Kier alpha value is -4.20. The molecule has 3 aromatic rings. The lowest BCUT2D eigenvalue weighted by atomic mass is 10.2. The Kier molecular flexibility index (Phi) is 6.73. The van der Waals surface area contributed by atoms with E-state index in [9.17, 15) is 19.7 Å². The standard InChI is InChI=1S/C22H17NO7/c24-15-17-14-18(23(26)27)8-11-21(17)30-22(25)16-6-9-20(10-7-16)29-13-12-28-19-4-2-1-3-5-19/h1-11,14-15H,12-13H2. The normalized spacial score (nSPS) is 10.1. The summed E-state index contributed by atoms with van der Waals surface area (Å²) in [5.41, 5.74) is -0.122. The smallest absolute Gasteiger partial charge is 0.343 e. The lowest BCUT2D eigenvalue weighted by Crippen LogP contribution is -2.11. The quantitative estimate of drug-likeness (QED) is 0.131. The van der Waals surface area contributed by atoms with Gasteiger partial charge in [-0.3, -0.25) is 14.9 Å². The number of rotatable bonds is 9. The van der Waals surface area contributed by atoms with Gasteiger partial charge in [0, 0.05) is 12.1 Å². The highest BCUT2D eigenvalue weighted by Crippen LogP contribution is 2.24. The molecule has 0 aliphatic carbocycles. The highest BCUT2D eigenvalue weighted by Gasteiger charge is 2.15. The minimum absolute atomic E-state index is 0.0565. The van der Waals surface area contributed by atoms with Crippen molar-refractivity contribution in [3.63, 3.8) is 0 Å². The van der Waals surface area contributed by atoms with Gasteiger partial charge in [0.15, 0.2) is 6.29 Å². The average Bonchev–Trinajstić information content (AvgIpc) is 2.78. The van der Waals surface area contributed by atoms with E-state index in [1.54, 1.807) is 12.1 Å². The molecule has 8 heteroatoms. The summed E-state index contributed by atoms with van der Waals surface area (Å²) < 4.78 is 16.3. The van der Waals surface area contributed by atoms with Gasteiger partial charge < -0.3 is 14.2 Å². The van der Waals surface area contributed by atoms with Gasteiger partial charge >= 0.3 is 5.97 Å². The zero-order valence-electron chi connectivity index (χ0n) is 15.7. The molecule has 3 rings (SSSR count). The number of carbonyl (C=O) groups is 2. The summed E-state index contributed by atoms with van der Waals surface area (Å²) in [5, 5.41) is 10.8. The van der Waals surface area contributed by atoms with Gasteiger partial charge in [0.1, 0.15) is 30.5 Å². The van der Waals surface area contributed by atoms with Crippen molar-refractivity contribution in [1.82, 2.24) is 0 Å². The van der Waals surface area contributed by atoms with Crippen molar-refractivity contribution in [3.8, 4) is 17.2 Å². The van der Waals surface area contributed by atoms with Crippen molar-refractivity contribution in [2.24, 2.45) is 0 Å². The second kappa shape index (κ2) is 9.83. The summed E-state index contributed by atoms with van der Waals surface area (Å²) in [6.45, 7) is 0.687. The Balaban J connectivity index is 1.55. The fourth-order valence-corrected chi connectivity index (χ4v) is 2.52. The number of hydrogen-bond acceptors (Lipinski definition) is 7. The van der Waals surface area contributed by atoms with Crippen LogP contribution in [-0.2, 0) is 0 Å². The number of nitro groups is 1. The van der Waals surface area contributed by atoms with E-state index in [4.69, 9.17) is 14.2 Å². The molecule has 0 atom stereocenters. The zero-order chi connectivity index (χ0) is 21.3. The fourth-order valence-electron chi connectivity index (χ4n) is 2.52. The maximum Gasteiger partial charge on any atom is 0.343 e. The van der Waals surface area contributed by atoms with Crippen LogP contribution in [0.4, 0.5) is 5.69 Å². The van der Waals surface area contributed by atoms with Gasteiger partial charge in [0.2, 0.25) is 0 Å². The Labute approximate surface area is 171 Å². The molecule has 0 saturated carbocycles. The Morgan fingerprint density at radius 1 is 0.900 bits per heavy atom. The summed E-state index contributed by atoms with van der Waals surface area (Å²) in [5.74, 6) is 0.539. The number of non-ortho nitro benzene ring substituents is 1. The summed E-state index contributed by atoms with van der Waals surface area (Å²) in [6.07, 6.45) is 0.393. The van der Waals surface area contributed by atoms with Crippen molar-refractivity contribution in [1.29, 1.82) is 0 Å². The first-order chi connectivity index (χ1) is 14.6. The van der Waals surface area contributed by atoms with Crippen LogP contribution in [0.25, 0.3) is 0 Å². The molecule has 8 nitrogen and oxygen atoms in total. The molecule has 0 aliphatic heterocycles. The van der Waals surface area contributed by atoms with Gasteiger partial charge in [0.25, 0.3) is 5.69 Å². The molecule has 0 bridgehead atoms. The Bertz CT molecular complexity index is 1030. The lowest BCUT2D eigenvalue weighted by molar-refractivity contribution is -0.384. The first-order valence-corrected chi connectivity index (χ1v) is 8.93. The van der Waals surface area contributed by atoms with Crippen molar-refractivity contribution < 1.29 is 28.7 Å². The predicted molar refractivity (Wildman–Crippen MR) is 107 cm³/mol. The van der Waals surface area contributed by atoms with Crippen LogP contribution in [0.15, 0.2) is 72.8 Å². The van der Waals surface area contributed by atoms with Crippen LogP contribution in [0, 0.1) is 10.1 Å². The Morgan fingerprint density at radius 3 is 2.13 bits per heavy atom. The molecule has 0 aromatic heterocycles. The van der Waals surface area contributed by atoms with E-state index in [1.807, 2.05) is 30.3 Å². The summed E-state index contributed by atoms with van der Waals surface area (Å²) in [4.78, 5) is 33.6. The molecule has 0 N–H and O–H groups in total. The molecule has 0 unspecified atom stereocenters. The number of nitrogens with zero attached hydrogens (tertiary/aromatic N) is 1. The SMILES string of the molecule is O=Cc1cc([N+](=O)[O-])ccc1OC(=O)c1ccc(OCCOc2ccccc2)cc1. The fraction of sp³-hybridized carbons (Fsp3) is 0.0909. The number of carbonyl (C=O) groups excluding carboxylic acids is 2. The van der Waals surface area contributed by atoms with Gasteiger partial charge in [-0.1, -0.05) is 18.2 Å². The van der Waals surface area contributed by atoms with Crippen LogP contribution < -0.4 is 14.2 Å². The molecule has 0 spiro atoms. The number of para-hydroxylation sites is 1. The molecule has 152 valence electrons. The first kappa shape index (κ1) is 20.5. The van der Waals surface area contributed by atoms with Crippen molar-refractivity contribution in [3.05, 3.63) is 94.0 Å². The molecule has 3 aromatic carbocycles. The number of ether oxygens (including phenoxy) is 3. The maximum absolute atomic E-state index is 12.3. The van der Waals surface area contributed by atoms with Gasteiger partial charge in [0.05, 0.1) is 16.1 Å². The van der Waals surface area contributed by atoms with E-state index in [2.05, 4.69) is 0 Å². The number of hydrogen-bond donors (Lipinski definition) is 0. The van der Waals surface area contributed by atoms with Crippen molar-refractivity contribution in [2.45, 2.75) is 0 Å². The van der Waals surface area contributed by atoms with Gasteiger partial charge in [-0.15, -0.1) is 0 Å². The third-order valence-corrected chi connectivity index (χ3v) is 3.99. The summed E-state index contributed by atoms with van der Waals surface area (Å²) >= 11 is 0. The van der Waals surface area contributed by atoms with E-state index in [1.165, 1.54) is 18.2 Å². The molecule has 0 fully saturated rings. The third kappa shape index (κ3) is 5.41. The molecule has 30 heavy (non-hydrogen) atoms. The number of nitro benzene ring substituents is 1. The number of benzene rings is 3. The largest absolute Gasteiger partial charge is 0.490 e. The molecule has 0 amide bonds. The monoisotopic (exact) mass is 407 g/mol. The van der Waals surface area contributed by atoms with Crippen molar-refractivity contribution in [2.75, 3.05) is 13.2 Å². The second-order valence-electron chi connectivity index (χ2n) is 6.02. The van der Waals surface area contributed by atoms with Crippen LogP contribution in [0.1, 0.15) is 20.7 Å². The highest BCUT2D eigenvalue weighted by molar-refractivity contribution is 5.92. The first-order valence-electron chi connectivity index (χ1n) is 8.93. The van der Waals surface area contributed by atoms with Gasteiger partial charge in [-0.25, -0.2) is 4.79 Å². The molecule has 0 radical (unpaired) electrons. The highest BCUT2D eigenvalue weighted by atomic mass is 16.6. The maximum atomic E-state index is 12.3. The molecular formula is C22H17NO7. The van der Waals surface area contributed by atoms with Gasteiger partial charge in [-0.2, -0.15) is 0 Å². The minimum Gasteiger partial charge on any atom is -0.490 e. The van der Waals surface area contributed by atoms with E-state index in [-0.39, 0.29) is 22.6 Å². The predicted octanol–water partition coefficient (Wildman–Crippen LogP) is 4.08. The minimum atomic E-state index is -0.703. The topological polar surface area (TPSA) is 105 Å². The van der Waals surface area contributed by atoms with E-state index in [0.717, 1.165) is 17.9 Å². The zero-order valence-corrected chi connectivity index (χ0v) is 15.7. The lowest BCUT2D eigenvalue weighted by Gasteiger charge is -2.09. The van der Waals surface area contributed by atoms with Crippen LogP contribution in [0.2, 0.25) is 0 Å². The molecule has 0 aliphatic rings. The van der Waals surface area contributed by atoms with Crippen LogP contribution in [-0.4, -0.2) is 30.4 Å². The molecule has 0 saturated heterocycles. The summed E-state index contributed by atoms with van der Waals surface area (Å²) in [7, 11) is 0.